The normalized spacial score (nSPS) is 10.4. The summed E-state index contributed by atoms with van der Waals surface area (Å²) in [5.74, 6) is 1.35. The summed E-state index contributed by atoms with van der Waals surface area (Å²) in [7, 11) is 3.01. The van der Waals surface area contributed by atoms with Gasteiger partial charge in [0.05, 0.1) is 31.0 Å². The van der Waals surface area contributed by atoms with Crippen molar-refractivity contribution < 1.29 is 19.0 Å². The van der Waals surface area contributed by atoms with Crippen molar-refractivity contribution in [2.45, 2.75) is 20.0 Å². The molecule has 128 valence electrons. The Bertz CT molecular complexity index is 714. The van der Waals surface area contributed by atoms with Gasteiger partial charge >= 0.3 is 0 Å². The molecule has 0 saturated heterocycles. The van der Waals surface area contributed by atoms with Crippen LogP contribution >= 0.6 is 11.6 Å². The summed E-state index contributed by atoms with van der Waals surface area (Å²) in [5, 5.41) is 3.20. The van der Waals surface area contributed by atoms with Crippen molar-refractivity contribution in [3.8, 4) is 17.2 Å². The molecule has 0 aliphatic heterocycles. The van der Waals surface area contributed by atoms with Crippen LogP contribution in [-0.4, -0.2) is 26.2 Å². The number of carbonyl (C=O) groups is 1. The summed E-state index contributed by atoms with van der Waals surface area (Å²) in [6.45, 7) is 3.89. The van der Waals surface area contributed by atoms with Crippen molar-refractivity contribution >= 4 is 23.2 Å². The predicted molar refractivity (Wildman–Crippen MR) is 94.7 cm³/mol. The largest absolute Gasteiger partial charge is 0.495 e. The maximum absolute atomic E-state index is 12.4. The fourth-order valence-corrected chi connectivity index (χ4v) is 2.34. The van der Waals surface area contributed by atoms with E-state index in [0.717, 1.165) is 0 Å². The molecule has 24 heavy (non-hydrogen) atoms. The van der Waals surface area contributed by atoms with Gasteiger partial charge in [0.2, 0.25) is 0 Å². The number of hydrogen-bond acceptors (Lipinski definition) is 4. The molecule has 2 aromatic rings. The monoisotopic (exact) mass is 349 g/mol. The first-order chi connectivity index (χ1) is 11.4. The molecule has 6 heteroatoms. The van der Waals surface area contributed by atoms with Crippen LogP contribution in [-0.2, 0) is 0 Å². The minimum Gasteiger partial charge on any atom is -0.495 e. The third-order valence-corrected chi connectivity index (χ3v) is 3.51. The molecule has 0 spiro atoms. The van der Waals surface area contributed by atoms with E-state index in [1.807, 2.05) is 13.8 Å². The maximum Gasteiger partial charge on any atom is 0.255 e. The fourth-order valence-electron chi connectivity index (χ4n) is 2.11. The number of hydrogen-bond donors (Lipinski definition) is 1. The number of methoxy groups -OCH3 is 2. The SMILES string of the molecule is COc1cc(NC(=O)c2ccc(OC(C)C)cc2)c(OC)cc1Cl. The fraction of sp³-hybridized carbons (Fsp3) is 0.278. The Balaban J connectivity index is 2.20. The first kappa shape index (κ1) is 17.9. The van der Waals surface area contributed by atoms with Gasteiger partial charge in [-0.2, -0.15) is 0 Å². The molecule has 0 heterocycles. The van der Waals surface area contributed by atoms with E-state index < -0.39 is 0 Å². The van der Waals surface area contributed by atoms with Gasteiger partial charge in [-0.3, -0.25) is 4.79 Å². The predicted octanol–water partition coefficient (Wildman–Crippen LogP) is 4.40. The van der Waals surface area contributed by atoms with E-state index in [2.05, 4.69) is 5.32 Å². The molecular formula is C18H20ClNO4. The van der Waals surface area contributed by atoms with Gasteiger partial charge in [-0.25, -0.2) is 0 Å². The highest BCUT2D eigenvalue weighted by atomic mass is 35.5. The van der Waals surface area contributed by atoms with Crippen LogP contribution in [0.15, 0.2) is 36.4 Å². The van der Waals surface area contributed by atoms with Gasteiger partial charge in [-0.15, -0.1) is 0 Å². The number of carbonyl (C=O) groups excluding carboxylic acids is 1. The third kappa shape index (κ3) is 4.32. The van der Waals surface area contributed by atoms with Crippen molar-refractivity contribution in [3.05, 3.63) is 47.0 Å². The lowest BCUT2D eigenvalue weighted by molar-refractivity contribution is 0.102. The first-order valence-electron chi connectivity index (χ1n) is 7.44. The molecule has 1 N–H and O–H groups in total. The second kappa shape index (κ2) is 7.93. The second-order valence-corrected chi connectivity index (χ2v) is 5.74. The lowest BCUT2D eigenvalue weighted by atomic mass is 10.2. The number of nitrogens with one attached hydrogen (secondary N) is 1. The van der Waals surface area contributed by atoms with E-state index in [0.29, 0.717) is 33.5 Å². The molecule has 0 aliphatic carbocycles. The number of rotatable bonds is 6. The van der Waals surface area contributed by atoms with E-state index in [4.69, 9.17) is 25.8 Å². The minimum atomic E-state index is -0.270. The van der Waals surface area contributed by atoms with Crippen LogP contribution in [0.4, 0.5) is 5.69 Å². The number of ether oxygens (including phenoxy) is 3. The van der Waals surface area contributed by atoms with Gasteiger partial charge in [-0.1, -0.05) is 11.6 Å². The molecule has 2 aromatic carbocycles. The van der Waals surface area contributed by atoms with Crippen molar-refractivity contribution in [1.82, 2.24) is 0 Å². The van der Waals surface area contributed by atoms with Crippen LogP contribution in [0, 0.1) is 0 Å². The van der Waals surface area contributed by atoms with Crippen molar-refractivity contribution in [2.75, 3.05) is 19.5 Å². The first-order valence-corrected chi connectivity index (χ1v) is 7.82. The van der Waals surface area contributed by atoms with Crippen LogP contribution in [0.2, 0.25) is 5.02 Å². The molecule has 0 aromatic heterocycles. The van der Waals surface area contributed by atoms with Gasteiger partial charge in [0.25, 0.3) is 5.91 Å². The van der Waals surface area contributed by atoms with E-state index in [9.17, 15) is 4.79 Å². The molecule has 2 rings (SSSR count). The average molecular weight is 350 g/mol. The summed E-state index contributed by atoms with van der Waals surface area (Å²) in [5.41, 5.74) is 0.980. The number of amides is 1. The molecule has 5 nitrogen and oxygen atoms in total. The zero-order chi connectivity index (χ0) is 17.7. The quantitative estimate of drug-likeness (QED) is 0.840. The molecule has 0 aliphatic rings. The molecule has 1 amide bonds. The highest BCUT2D eigenvalue weighted by Crippen LogP contribution is 2.36. The standard InChI is InChI=1S/C18H20ClNO4/c1-11(2)24-13-7-5-12(6-8-13)18(21)20-15-10-16(22-3)14(19)9-17(15)23-4/h5-11H,1-4H3,(H,20,21). The topological polar surface area (TPSA) is 56.8 Å². The summed E-state index contributed by atoms with van der Waals surface area (Å²) in [4.78, 5) is 12.4. The summed E-state index contributed by atoms with van der Waals surface area (Å²) in [6, 6.07) is 10.1. The van der Waals surface area contributed by atoms with Gasteiger partial charge in [0.15, 0.2) is 0 Å². The summed E-state index contributed by atoms with van der Waals surface area (Å²) < 4.78 is 16.0. The van der Waals surface area contributed by atoms with E-state index in [-0.39, 0.29) is 12.0 Å². The molecule has 0 unspecified atom stereocenters. The average Bonchev–Trinajstić information content (AvgIpc) is 2.56. The Labute approximate surface area is 146 Å². The Hall–Kier alpha value is -2.40. The van der Waals surface area contributed by atoms with Crippen molar-refractivity contribution in [1.29, 1.82) is 0 Å². The smallest absolute Gasteiger partial charge is 0.255 e. The zero-order valence-corrected chi connectivity index (χ0v) is 14.8. The van der Waals surface area contributed by atoms with Crippen LogP contribution in [0.25, 0.3) is 0 Å². The van der Waals surface area contributed by atoms with Crippen LogP contribution in [0.5, 0.6) is 17.2 Å². The van der Waals surface area contributed by atoms with Crippen LogP contribution in [0.1, 0.15) is 24.2 Å². The second-order valence-electron chi connectivity index (χ2n) is 5.33. The Morgan fingerprint density at radius 2 is 1.67 bits per heavy atom. The Kier molecular flexibility index (Phi) is 5.93. The van der Waals surface area contributed by atoms with E-state index >= 15 is 0 Å². The minimum absolute atomic E-state index is 0.0791. The lowest BCUT2D eigenvalue weighted by Gasteiger charge is -2.13. The highest BCUT2D eigenvalue weighted by molar-refractivity contribution is 6.32. The highest BCUT2D eigenvalue weighted by Gasteiger charge is 2.14. The molecule has 0 atom stereocenters. The van der Waals surface area contributed by atoms with Gasteiger partial charge in [-0.05, 0) is 38.1 Å². The zero-order valence-electron chi connectivity index (χ0n) is 14.1. The van der Waals surface area contributed by atoms with Crippen molar-refractivity contribution in [3.63, 3.8) is 0 Å². The number of halogens is 1. The molecule has 0 bridgehead atoms. The summed E-state index contributed by atoms with van der Waals surface area (Å²) in [6.07, 6.45) is 0.0791. The van der Waals surface area contributed by atoms with Gasteiger partial charge in [0, 0.05) is 17.7 Å². The maximum atomic E-state index is 12.4. The van der Waals surface area contributed by atoms with Crippen molar-refractivity contribution in [2.24, 2.45) is 0 Å². The van der Waals surface area contributed by atoms with Crippen LogP contribution < -0.4 is 19.5 Å². The third-order valence-electron chi connectivity index (χ3n) is 3.21. The van der Waals surface area contributed by atoms with Crippen LogP contribution in [0.3, 0.4) is 0 Å². The van der Waals surface area contributed by atoms with E-state index in [1.54, 1.807) is 36.4 Å². The molecule has 0 saturated carbocycles. The Morgan fingerprint density at radius 1 is 1.04 bits per heavy atom. The van der Waals surface area contributed by atoms with E-state index in [1.165, 1.54) is 14.2 Å². The summed E-state index contributed by atoms with van der Waals surface area (Å²) >= 11 is 6.06. The molecule has 0 fully saturated rings. The molecule has 0 radical (unpaired) electrons. The van der Waals surface area contributed by atoms with Gasteiger partial charge in [0.1, 0.15) is 17.2 Å². The number of anilines is 1. The number of benzene rings is 2. The Morgan fingerprint density at radius 3 is 2.21 bits per heavy atom. The van der Waals surface area contributed by atoms with Gasteiger partial charge < -0.3 is 19.5 Å². The molecular weight excluding hydrogens is 330 g/mol. The lowest BCUT2D eigenvalue weighted by Crippen LogP contribution is -2.13.